The van der Waals surface area contributed by atoms with Crippen LogP contribution < -0.4 is 11.1 Å². The van der Waals surface area contributed by atoms with Crippen LogP contribution in [0.2, 0.25) is 0 Å². The number of hydrogen-bond donors (Lipinski definition) is 2. The zero-order chi connectivity index (χ0) is 18.5. The number of carbonyl (C=O) groups is 1. The molecule has 0 unspecified atom stereocenters. The molecule has 0 saturated heterocycles. The molecule has 0 atom stereocenters. The molecule has 0 bridgehead atoms. The van der Waals surface area contributed by atoms with E-state index in [4.69, 9.17) is 5.73 Å². The van der Waals surface area contributed by atoms with Gasteiger partial charge in [-0.15, -0.1) is 0 Å². The van der Waals surface area contributed by atoms with Crippen molar-refractivity contribution in [3.8, 4) is 0 Å². The van der Waals surface area contributed by atoms with E-state index in [1.807, 2.05) is 41.2 Å². The van der Waals surface area contributed by atoms with E-state index in [1.165, 1.54) is 18.2 Å². The van der Waals surface area contributed by atoms with Crippen molar-refractivity contribution in [2.45, 2.75) is 13.1 Å². The highest BCUT2D eigenvalue weighted by molar-refractivity contribution is 5.94. The Morgan fingerprint density at radius 1 is 1.19 bits per heavy atom. The SMILES string of the molecule is NC(=O)c1ccc(NCc2ccccc2Cn2cccn2)c([N+](=O)[O-])c1. The molecule has 0 fully saturated rings. The van der Waals surface area contributed by atoms with Gasteiger partial charge in [0, 0.05) is 30.6 Å². The summed E-state index contributed by atoms with van der Waals surface area (Å²) in [4.78, 5) is 22.0. The summed E-state index contributed by atoms with van der Waals surface area (Å²) in [6.07, 6.45) is 3.59. The molecule has 0 aliphatic rings. The monoisotopic (exact) mass is 351 g/mol. The first-order valence-corrected chi connectivity index (χ1v) is 7.91. The standard InChI is InChI=1S/C18H17N5O3/c19-18(24)13-6-7-16(17(10-13)23(25)26)20-11-14-4-1-2-5-15(14)12-22-9-3-8-21-22/h1-10,20H,11-12H2,(H2,19,24). The molecule has 26 heavy (non-hydrogen) atoms. The highest BCUT2D eigenvalue weighted by atomic mass is 16.6. The first-order valence-electron chi connectivity index (χ1n) is 7.91. The number of aromatic nitrogens is 2. The highest BCUT2D eigenvalue weighted by Crippen LogP contribution is 2.26. The minimum Gasteiger partial charge on any atom is -0.375 e. The number of nitrogens with one attached hydrogen (secondary N) is 1. The van der Waals surface area contributed by atoms with Crippen molar-refractivity contribution in [3.63, 3.8) is 0 Å². The summed E-state index contributed by atoms with van der Waals surface area (Å²) >= 11 is 0. The van der Waals surface area contributed by atoms with E-state index < -0.39 is 10.8 Å². The Bertz CT molecular complexity index is 938. The van der Waals surface area contributed by atoms with Gasteiger partial charge in [0.15, 0.2) is 0 Å². The third-order valence-corrected chi connectivity index (χ3v) is 3.96. The van der Waals surface area contributed by atoms with Gasteiger partial charge < -0.3 is 11.1 Å². The number of benzene rings is 2. The summed E-state index contributed by atoms with van der Waals surface area (Å²) in [5, 5.41) is 18.6. The second-order valence-electron chi connectivity index (χ2n) is 5.68. The van der Waals surface area contributed by atoms with Gasteiger partial charge in [-0.3, -0.25) is 19.6 Å². The Morgan fingerprint density at radius 3 is 2.62 bits per heavy atom. The average molecular weight is 351 g/mol. The van der Waals surface area contributed by atoms with E-state index in [-0.39, 0.29) is 11.3 Å². The van der Waals surface area contributed by atoms with Gasteiger partial charge in [0.05, 0.1) is 11.5 Å². The molecule has 8 nitrogen and oxygen atoms in total. The second-order valence-corrected chi connectivity index (χ2v) is 5.68. The summed E-state index contributed by atoms with van der Waals surface area (Å²) in [7, 11) is 0. The largest absolute Gasteiger partial charge is 0.375 e. The molecular formula is C18H17N5O3. The summed E-state index contributed by atoms with van der Waals surface area (Å²) in [5.74, 6) is -0.704. The fourth-order valence-corrected chi connectivity index (χ4v) is 2.63. The Balaban J connectivity index is 1.81. The van der Waals surface area contributed by atoms with Crippen molar-refractivity contribution in [2.75, 3.05) is 5.32 Å². The van der Waals surface area contributed by atoms with Gasteiger partial charge in [-0.25, -0.2) is 0 Å². The van der Waals surface area contributed by atoms with Gasteiger partial charge in [0.2, 0.25) is 5.91 Å². The van der Waals surface area contributed by atoms with Crippen LogP contribution >= 0.6 is 0 Å². The molecule has 3 aromatic rings. The predicted molar refractivity (Wildman–Crippen MR) is 96.7 cm³/mol. The summed E-state index contributed by atoms with van der Waals surface area (Å²) in [6.45, 7) is 1.00. The molecule has 0 saturated carbocycles. The number of nitrogens with two attached hydrogens (primary N) is 1. The van der Waals surface area contributed by atoms with E-state index in [0.717, 1.165) is 11.1 Å². The van der Waals surface area contributed by atoms with Crippen molar-refractivity contribution < 1.29 is 9.72 Å². The quantitative estimate of drug-likeness (QED) is 0.501. The minimum absolute atomic E-state index is 0.0985. The lowest BCUT2D eigenvalue weighted by molar-refractivity contribution is -0.384. The summed E-state index contributed by atoms with van der Waals surface area (Å²) in [6, 6.07) is 13.8. The van der Waals surface area contributed by atoms with Gasteiger partial charge in [-0.2, -0.15) is 5.10 Å². The number of amides is 1. The van der Waals surface area contributed by atoms with E-state index >= 15 is 0 Å². The molecule has 0 radical (unpaired) electrons. The lowest BCUT2D eigenvalue weighted by Crippen LogP contribution is -2.12. The predicted octanol–water partition coefficient (Wildman–Crippen LogP) is 2.55. The third kappa shape index (κ3) is 3.86. The van der Waals surface area contributed by atoms with E-state index in [9.17, 15) is 14.9 Å². The van der Waals surface area contributed by atoms with Gasteiger partial charge in [-0.05, 0) is 29.3 Å². The maximum absolute atomic E-state index is 11.3. The molecule has 1 heterocycles. The van der Waals surface area contributed by atoms with Crippen LogP contribution in [0.25, 0.3) is 0 Å². The van der Waals surface area contributed by atoms with Crippen molar-refractivity contribution in [2.24, 2.45) is 5.73 Å². The first kappa shape index (κ1) is 17.2. The van der Waals surface area contributed by atoms with E-state index in [1.54, 1.807) is 6.20 Å². The summed E-state index contributed by atoms with van der Waals surface area (Å²) in [5.41, 5.74) is 7.48. The highest BCUT2D eigenvalue weighted by Gasteiger charge is 2.16. The maximum atomic E-state index is 11.3. The zero-order valence-corrected chi connectivity index (χ0v) is 13.8. The lowest BCUT2D eigenvalue weighted by atomic mass is 10.1. The molecule has 132 valence electrons. The van der Waals surface area contributed by atoms with Crippen LogP contribution in [0.5, 0.6) is 0 Å². The van der Waals surface area contributed by atoms with E-state index in [0.29, 0.717) is 18.8 Å². The molecule has 3 rings (SSSR count). The molecule has 0 aliphatic carbocycles. The smallest absolute Gasteiger partial charge is 0.293 e. The average Bonchev–Trinajstić information content (AvgIpc) is 3.13. The molecule has 2 aromatic carbocycles. The van der Waals surface area contributed by atoms with Crippen molar-refractivity contribution in [1.29, 1.82) is 0 Å². The third-order valence-electron chi connectivity index (χ3n) is 3.96. The normalized spacial score (nSPS) is 10.5. The zero-order valence-electron chi connectivity index (χ0n) is 13.8. The number of carbonyl (C=O) groups excluding carboxylic acids is 1. The fourth-order valence-electron chi connectivity index (χ4n) is 2.63. The topological polar surface area (TPSA) is 116 Å². The molecule has 1 aromatic heterocycles. The number of hydrogen-bond acceptors (Lipinski definition) is 5. The molecule has 0 spiro atoms. The van der Waals surface area contributed by atoms with Gasteiger partial charge in [-0.1, -0.05) is 24.3 Å². The molecule has 1 amide bonds. The Labute approximate surface area is 149 Å². The van der Waals surface area contributed by atoms with Gasteiger partial charge >= 0.3 is 0 Å². The van der Waals surface area contributed by atoms with E-state index in [2.05, 4.69) is 10.4 Å². The maximum Gasteiger partial charge on any atom is 0.293 e. The van der Waals surface area contributed by atoms with Crippen LogP contribution in [0.15, 0.2) is 60.9 Å². The number of nitro benzene ring substituents is 1. The molecular weight excluding hydrogens is 334 g/mol. The van der Waals surface area contributed by atoms with Crippen molar-refractivity contribution in [3.05, 3.63) is 87.7 Å². The Kier molecular flexibility index (Phi) is 4.93. The van der Waals surface area contributed by atoms with Gasteiger partial charge in [0.25, 0.3) is 5.69 Å². The number of rotatable bonds is 7. The van der Waals surface area contributed by atoms with Crippen LogP contribution in [0, 0.1) is 10.1 Å². The Hall–Kier alpha value is -3.68. The lowest BCUT2D eigenvalue weighted by Gasteiger charge is -2.12. The van der Waals surface area contributed by atoms with Crippen LogP contribution in [0.1, 0.15) is 21.5 Å². The minimum atomic E-state index is -0.704. The number of anilines is 1. The second kappa shape index (κ2) is 7.47. The summed E-state index contributed by atoms with van der Waals surface area (Å²) < 4.78 is 1.81. The molecule has 3 N–H and O–H groups in total. The number of nitro groups is 1. The number of nitrogens with zero attached hydrogens (tertiary/aromatic N) is 3. The Morgan fingerprint density at radius 2 is 1.96 bits per heavy atom. The van der Waals surface area contributed by atoms with Crippen LogP contribution in [-0.2, 0) is 13.1 Å². The first-order chi connectivity index (χ1) is 12.5. The molecule has 0 aliphatic heterocycles. The number of primary amides is 1. The van der Waals surface area contributed by atoms with Crippen molar-refractivity contribution >= 4 is 17.3 Å². The van der Waals surface area contributed by atoms with Gasteiger partial charge in [0.1, 0.15) is 5.69 Å². The van der Waals surface area contributed by atoms with Crippen LogP contribution in [0.3, 0.4) is 0 Å². The van der Waals surface area contributed by atoms with Crippen LogP contribution in [-0.4, -0.2) is 20.6 Å². The van der Waals surface area contributed by atoms with Crippen molar-refractivity contribution in [1.82, 2.24) is 9.78 Å². The van der Waals surface area contributed by atoms with Crippen LogP contribution in [0.4, 0.5) is 11.4 Å². The molecule has 8 heteroatoms. The fraction of sp³-hybridized carbons (Fsp3) is 0.111.